The summed E-state index contributed by atoms with van der Waals surface area (Å²) in [6.45, 7) is 0. The number of ether oxygens (including phenoxy) is 1. The minimum atomic E-state index is -0.521. The topological polar surface area (TPSA) is 66.8 Å². The second-order valence-corrected chi connectivity index (χ2v) is 2.60. The zero-order valence-electron chi connectivity index (χ0n) is 7.60. The van der Waals surface area contributed by atoms with E-state index in [0.29, 0.717) is 5.56 Å². The summed E-state index contributed by atoms with van der Waals surface area (Å²) in [6.07, 6.45) is 2.52. The van der Waals surface area contributed by atoms with E-state index in [1.165, 1.54) is 31.4 Å². The van der Waals surface area contributed by atoms with Gasteiger partial charge in [-0.3, -0.25) is 0 Å². The molecule has 2 N–H and O–H groups in total. The molecule has 1 rings (SSSR count). The molecule has 1 aromatic carbocycles. The van der Waals surface area contributed by atoms with Crippen LogP contribution in [-0.4, -0.2) is 23.3 Å². The lowest BCUT2D eigenvalue weighted by molar-refractivity contribution is -0.134. The molecule has 74 valence electrons. The normalized spacial score (nSPS) is 10.4. The van der Waals surface area contributed by atoms with E-state index in [1.807, 2.05) is 0 Å². The molecule has 0 aliphatic carbocycles. The van der Waals surface area contributed by atoms with E-state index in [1.54, 1.807) is 0 Å². The molecule has 0 amide bonds. The Morgan fingerprint density at radius 1 is 1.43 bits per heavy atom. The van der Waals surface area contributed by atoms with Gasteiger partial charge >= 0.3 is 5.97 Å². The van der Waals surface area contributed by atoms with E-state index in [4.69, 9.17) is 5.11 Å². The zero-order valence-corrected chi connectivity index (χ0v) is 7.60. The number of hydrogen-bond donors (Lipinski definition) is 2. The fraction of sp³-hybridized carbons (Fsp3) is 0.100. The number of esters is 1. The molecule has 0 saturated heterocycles. The van der Waals surface area contributed by atoms with Crippen molar-refractivity contribution in [3.63, 3.8) is 0 Å². The van der Waals surface area contributed by atoms with Crippen LogP contribution < -0.4 is 0 Å². The number of phenolic OH excluding ortho intramolecular Hbond substituents is 2. The molecule has 1 aromatic rings. The molecule has 0 unspecified atom stereocenters. The van der Waals surface area contributed by atoms with Gasteiger partial charge in [-0.1, -0.05) is 0 Å². The summed E-state index contributed by atoms with van der Waals surface area (Å²) in [5.74, 6) is -0.511. The lowest BCUT2D eigenvalue weighted by Crippen LogP contribution is -1.93. The Morgan fingerprint density at radius 2 is 2.14 bits per heavy atom. The predicted octanol–water partition coefficient (Wildman–Crippen LogP) is 1.28. The van der Waals surface area contributed by atoms with Crippen molar-refractivity contribution in [3.8, 4) is 11.5 Å². The number of rotatable bonds is 2. The van der Waals surface area contributed by atoms with Gasteiger partial charge in [0.25, 0.3) is 0 Å². The standard InChI is InChI=1S/C10H10O4/c1-14-10(13)5-2-7-6-8(11)3-4-9(7)12/h2-6,11-12H,1H3/b5-2-. The van der Waals surface area contributed by atoms with Gasteiger partial charge in [0.2, 0.25) is 0 Å². The van der Waals surface area contributed by atoms with Gasteiger partial charge in [0.05, 0.1) is 7.11 Å². The van der Waals surface area contributed by atoms with E-state index < -0.39 is 5.97 Å². The lowest BCUT2D eigenvalue weighted by Gasteiger charge is -1.99. The van der Waals surface area contributed by atoms with E-state index in [9.17, 15) is 9.90 Å². The van der Waals surface area contributed by atoms with Gasteiger partial charge in [-0.05, 0) is 24.3 Å². The molecule has 0 heterocycles. The SMILES string of the molecule is COC(=O)/C=C\c1cc(O)ccc1O. The Hall–Kier alpha value is -1.97. The van der Waals surface area contributed by atoms with Crippen molar-refractivity contribution in [2.75, 3.05) is 7.11 Å². The van der Waals surface area contributed by atoms with Crippen molar-refractivity contribution < 1.29 is 19.7 Å². The Kier molecular flexibility index (Phi) is 3.12. The molecular formula is C10H10O4. The minimum absolute atomic E-state index is 0.0112. The van der Waals surface area contributed by atoms with Crippen LogP contribution in [-0.2, 0) is 9.53 Å². The van der Waals surface area contributed by atoms with Crippen LogP contribution in [0.2, 0.25) is 0 Å². The van der Waals surface area contributed by atoms with Gasteiger partial charge in [0.1, 0.15) is 11.5 Å². The van der Waals surface area contributed by atoms with Crippen molar-refractivity contribution >= 4 is 12.0 Å². The number of hydrogen-bond acceptors (Lipinski definition) is 4. The summed E-state index contributed by atoms with van der Waals surface area (Å²) in [5, 5.41) is 18.4. The van der Waals surface area contributed by atoms with Crippen LogP contribution in [0.25, 0.3) is 6.08 Å². The van der Waals surface area contributed by atoms with Gasteiger partial charge in [-0.2, -0.15) is 0 Å². The molecule has 0 fully saturated rings. The van der Waals surface area contributed by atoms with Crippen LogP contribution in [0, 0.1) is 0 Å². The second-order valence-electron chi connectivity index (χ2n) is 2.60. The van der Waals surface area contributed by atoms with Crippen LogP contribution in [0.3, 0.4) is 0 Å². The maximum atomic E-state index is 10.7. The number of carbonyl (C=O) groups excluding carboxylic acids is 1. The van der Waals surface area contributed by atoms with E-state index in [2.05, 4.69) is 4.74 Å². The van der Waals surface area contributed by atoms with Crippen molar-refractivity contribution in [2.45, 2.75) is 0 Å². The maximum absolute atomic E-state index is 10.7. The molecule has 14 heavy (non-hydrogen) atoms. The number of carbonyl (C=O) groups is 1. The summed E-state index contributed by atoms with van der Waals surface area (Å²) in [4.78, 5) is 10.7. The molecule has 0 saturated carbocycles. The van der Waals surface area contributed by atoms with E-state index in [0.717, 1.165) is 6.08 Å². The van der Waals surface area contributed by atoms with Crippen LogP contribution >= 0.6 is 0 Å². The largest absolute Gasteiger partial charge is 0.508 e. The lowest BCUT2D eigenvalue weighted by atomic mass is 10.2. The first-order valence-corrected chi connectivity index (χ1v) is 3.91. The summed E-state index contributed by atoms with van der Waals surface area (Å²) < 4.78 is 4.37. The molecule has 0 radical (unpaired) electrons. The van der Waals surface area contributed by atoms with Crippen LogP contribution in [0.15, 0.2) is 24.3 Å². The third-order valence-corrected chi connectivity index (χ3v) is 1.61. The quantitative estimate of drug-likeness (QED) is 0.423. The molecule has 4 nitrogen and oxygen atoms in total. The number of methoxy groups -OCH3 is 1. The van der Waals surface area contributed by atoms with Crippen LogP contribution in [0.1, 0.15) is 5.56 Å². The monoisotopic (exact) mass is 194 g/mol. The molecule has 0 atom stereocenters. The highest BCUT2D eigenvalue weighted by atomic mass is 16.5. The van der Waals surface area contributed by atoms with Crippen molar-refractivity contribution in [1.82, 2.24) is 0 Å². The number of benzene rings is 1. The van der Waals surface area contributed by atoms with Crippen molar-refractivity contribution in [2.24, 2.45) is 0 Å². The van der Waals surface area contributed by atoms with Crippen LogP contribution in [0.4, 0.5) is 0 Å². The molecule has 0 aromatic heterocycles. The highest BCUT2D eigenvalue weighted by Gasteiger charge is 1.99. The molecule has 0 bridgehead atoms. The average Bonchev–Trinajstić information content (AvgIpc) is 2.19. The molecule has 4 heteroatoms. The summed E-state index contributed by atoms with van der Waals surface area (Å²) in [6, 6.07) is 4.03. The number of phenols is 2. The predicted molar refractivity (Wildman–Crippen MR) is 50.8 cm³/mol. The third-order valence-electron chi connectivity index (χ3n) is 1.61. The minimum Gasteiger partial charge on any atom is -0.508 e. The fourth-order valence-electron chi connectivity index (χ4n) is 0.901. The van der Waals surface area contributed by atoms with E-state index in [-0.39, 0.29) is 11.5 Å². The molecule has 0 aliphatic heterocycles. The van der Waals surface area contributed by atoms with Gasteiger partial charge in [0.15, 0.2) is 0 Å². The second kappa shape index (κ2) is 4.32. The first-order valence-electron chi connectivity index (χ1n) is 3.91. The molecular weight excluding hydrogens is 184 g/mol. The molecule has 0 spiro atoms. The smallest absolute Gasteiger partial charge is 0.330 e. The Balaban J connectivity index is 2.90. The summed E-state index contributed by atoms with van der Waals surface area (Å²) in [7, 11) is 1.26. The third kappa shape index (κ3) is 2.52. The highest BCUT2D eigenvalue weighted by Crippen LogP contribution is 2.22. The summed E-state index contributed by atoms with van der Waals surface area (Å²) >= 11 is 0. The maximum Gasteiger partial charge on any atom is 0.330 e. The van der Waals surface area contributed by atoms with Gasteiger partial charge in [-0.25, -0.2) is 4.79 Å². The fourth-order valence-corrected chi connectivity index (χ4v) is 0.901. The molecule has 0 aliphatic rings. The Morgan fingerprint density at radius 3 is 2.79 bits per heavy atom. The van der Waals surface area contributed by atoms with Gasteiger partial charge in [-0.15, -0.1) is 0 Å². The first kappa shape index (κ1) is 10.1. The first-order chi connectivity index (χ1) is 6.63. The van der Waals surface area contributed by atoms with E-state index >= 15 is 0 Å². The Bertz CT molecular complexity index is 368. The average molecular weight is 194 g/mol. The zero-order chi connectivity index (χ0) is 10.6. The van der Waals surface area contributed by atoms with Gasteiger partial charge < -0.3 is 14.9 Å². The van der Waals surface area contributed by atoms with Crippen LogP contribution in [0.5, 0.6) is 11.5 Å². The van der Waals surface area contributed by atoms with Crippen molar-refractivity contribution in [3.05, 3.63) is 29.8 Å². The van der Waals surface area contributed by atoms with Gasteiger partial charge in [0, 0.05) is 11.6 Å². The highest BCUT2D eigenvalue weighted by molar-refractivity contribution is 5.87. The summed E-state index contributed by atoms with van der Waals surface area (Å²) in [5.41, 5.74) is 0.357. The number of aromatic hydroxyl groups is 2. The Labute approximate surface area is 81.1 Å². The van der Waals surface area contributed by atoms with Crippen molar-refractivity contribution in [1.29, 1.82) is 0 Å².